The minimum atomic E-state index is -1.18. The van der Waals surface area contributed by atoms with Gasteiger partial charge in [-0.2, -0.15) is 0 Å². The second-order valence-electron chi connectivity index (χ2n) is 5.44. The summed E-state index contributed by atoms with van der Waals surface area (Å²) in [5.74, 6) is -2.73. The Kier molecular flexibility index (Phi) is 2.32. The van der Waals surface area contributed by atoms with Crippen molar-refractivity contribution in [2.75, 3.05) is 6.54 Å². The van der Waals surface area contributed by atoms with E-state index in [1.54, 1.807) is 11.0 Å². The minimum Gasteiger partial charge on any atom is -0.550 e. The highest BCUT2D eigenvalue weighted by Gasteiger charge is 2.65. The molecule has 5 atom stereocenters. The summed E-state index contributed by atoms with van der Waals surface area (Å²) >= 11 is 0. The fraction of sp³-hybridized carbons (Fsp3) is 0.692. The van der Waals surface area contributed by atoms with E-state index < -0.39 is 29.5 Å². The van der Waals surface area contributed by atoms with E-state index in [1.165, 1.54) is 0 Å². The molecule has 0 N–H and O–H groups in total. The molecule has 3 aliphatic heterocycles. The zero-order valence-corrected chi connectivity index (χ0v) is 10.5. The smallest absolute Gasteiger partial charge is 0.230 e. The molecule has 2 saturated heterocycles. The largest absolute Gasteiger partial charge is 0.550 e. The normalized spacial score (nSPS) is 42.4. The van der Waals surface area contributed by atoms with E-state index in [-0.39, 0.29) is 11.9 Å². The topological polar surface area (TPSA) is 69.7 Å². The van der Waals surface area contributed by atoms with Gasteiger partial charge in [0.15, 0.2) is 0 Å². The Morgan fingerprint density at radius 1 is 1.72 bits per heavy atom. The Balaban J connectivity index is 1.97. The lowest BCUT2D eigenvalue weighted by Crippen LogP contribution is -2.45. The van der Waals surface area contributed by atoms with Gasteiger partial charge in [0.25, 0.3) is 0 Å². The zero-order chi connectivity index (χ0) is 13.1. The third-order valence-electron chi connectivity index (χ3n) is 4.52. The molecule has 2 fully saturated rings. The molecule has 0 aliphatic carbocycles. The van der Waals surface area contributed by atoms with Crippen molar-refractivity contribution in [3.05, 3.63) is 12.2 Å². The van der Waals surface area contributed by atoms with Gasteiger partial charge >= 0.3 is 0 Å². The molecule has 3 rings (SSSR count). The number of aliphatic carboxylic acids is 1. The fourth-order valence-corrected chi connectivity index (χ4v) is 3.39. The lowest BCUT2D eigenvalue weighted by molar-refractivity contribution is -0.313. The molecule has 3 heterocycles. The van der Waals surface area contributed by atoms with Crippen molar-refractivity contribution < 1.29 is 19.4 Å². The molecule has 3 aliphatic rings. The third-order valence-corrected chi connectivity index (χ3v) is 4.52. The molecule has 0 radical (unpaired) electrons. The average Bonchev–Trinajstić information content (AvgIpc) is 2.96. The van der Waals surface area contributed by atoms with E-state index in [2.05, 4.69) is 0 Å². The van der Waals surface area contributed by atoms with Crippen molar-refractivity contribution in [3.63, 3.8) is 0 Å². The Morgan fingerprint density at radius 3 is 3.06 bits per heavy atom. The van der Waals surface area contributed by atoms with Gasteiger partial charge in [-0.05, 0) is 13.3 Å². The van der Waals surface area contributed by atoms with Crippen molar-refractivity contribution in [1.82, 2.24) is 4.90 Å². The van der Waals surface area contributed by atoms with Crippen LogP contribution in [0.1, 0.15) is 20.3 Å². The third kappa shape index (κ3) is 1.25. The summed E-state index contributed by atoms with van der Waals surface area (Å²) in [6, 6.07) is 0.107. The first-order chi connectivity index (χ1) is 8.50. The van der Waals surface area contributed by atoms with Gasteiger partial charge in [0.05, 0.1) is 18.6 Å². The second kappa shape index (κ2) is 3.57. The van der Waals surface area contributed by atoms with Crippen LogP contribution in [-0.4, -0.2) is 41.1 Å². The second-order valence-corrected chi connectivity index (χ2v) is 5.44. The van der Waals surface area contributed by atoms with E-state index in [9.17, 15) is 14.7 Å². The van der Waals surface area contributed by atoms with E-state index in [0.717, 1.165) is 6.42 Å². The van der Waals surface area contributed by atoms with Gasteiger partial charge < -0.3 is 19.5 Å². The molecule has 0 aromatic carbocycles. The number of rotatable bonds is 3. The molecular formula is C13H16NO4-. The maximum absolute atomic E-state index is 12.4. The molecule has 18 heavy (non-hydrogen) atoms. The highest BCUT2D eigenvalue weighted by atomic mass is 16.5. The van der Waals surface area contributed by atoms with Crippen LogP contribution < -0.4 is 5.11 Å². The van der Waals surface area contributed by atoms with Crippen molar-refractivity contribution >= 4 is 11.9 Å². The Labute approximate surface area is 105 Å². The molecule has 98 valence electrons. The van der Waals surface area contributed by atoms with Crippen LogP contribution in [0.5, 0.6) is 0 Å². The average molecular weight is 250 g/mol. The predicted octanol–water partition coefficient (Wildman–Crippen LogP) is -0.683. The number of carbonyl (C=O) groups is 2. The van der Waals surface area contributed by atoms with Crippen molar-refractivity contribution in [2.24, 2.45) is 11.8 Å². The molecule has 5 nitrogen and oxygen atoms in total. The van der Waals surface area contributed by atoms with Crippen LogP contribution in [0.3, 0.4) is 0 Å². The first-order valence-corrected chi connectivity index (χ1v) is 6.38. The molecule has 0 aromatic heterocycles. The number of hydrogen-bond donors (Lipinski definition) is 0. The van der Waals surface area contributed by atoms with Crippen molar-refractivity contribution in [2.45, 2.75) is 38.0 Å². The monoisotopic (exact) mass is 250 g/mol. The quantitative estimate of drug-likeness (QED) is 0.622. The summed E-state index contributed by atoms with van der Waals surface area (Å²) in [7, 11) is 0. The minimum absolute atomic E-state index is 0.106. The van der Waals surface area contributed by atoms with Crippen LogP contribution in [0.15, 0.2) is 12.2 Å². The molecule has 0 saturated carbocycles. The van der Waals surface area contributed by atoms with Gasteiger partial charge in [0.1, 0.15) is 5.60 Å². The Hall–Kier alpha value is -1.36. The number of amides is 1. The zero-order valence-electron chi connectivity index (χ0n) is 10.5. The molecule has 2 bridgehead atoms. The van der Waals surface area contributed by atoms with Crippen molar-refractivity contribution in [3.8, 4) is 0 Å². The van der Waals surface area contributed by atoms with Crippen LogP contribution in [0, 0.1) is 11.8 Å². The summed E-state index contributed by atoms with van der Waals surface area (Å²) in [5.41, 5.74) is -0.726. The predicted molar refractivity (Wildman–Crippen MR) is 60.2 cm³/mol. The summed E-state index contributed by atoms with van der Waals surface area (Å²) in [4.78, 5) is 25.4. The summed E-state index contributed by atoms with van der Waals surface area (Å²) in [6.45, 7) is 4.44. The lowest BCUT2D eigenvalue weighted by atomic mass is 9.77. The number of ether oxygens (including phenoxy) is 1. The lowest BCUT2D eigenvalue weighted by Gasteiger charge is -2.26. The van der Waals surface area contributed by atoms with Gasteiger partial charge in [-0.1, -0.05) is 19.1 Å². The highest BCUT2D eigenvalue weighted by molar-refractivity contribution is 5.90. The Bertz CT molecular complexity index is 446. The van der Waals surface area contributed by atoms with Gasteiger partial charge in [0, 0.05) is 17.9 Å². The molecule has 0 unspecified atom stereocenters. The number of carboxylic acid groups (broad SMARTS) is 1. The molecule has 1 amide bonds. The van der Waals surface area contributed by atoms with Crippen LogP contribution in [0.4, 0.5) is 0 Å². The summed E-state index contributed by atoms with van der Waals surface area (Å²) < 4.78 is 5.76. The van der Waals surface area contributed by atoms with E-state index in [0.29, 0.717) is 6.54 Å². The molecule has 5 heteroatoms. The standard InChI is InChI=1S/C13H17NO4/c1-3-7(2)14-6-13-5-4-8(18-13)9(12(16)17)10(13)11(14)15/h4-5,7-10H,3,6H2,1-2H3,(H,16,17)/p-1/t7-,8-,9+,10+,13-/m1/s1. The molecular weight excluding hydrogens is 234 g/mol. The van der Waals surface area contributed by atoms with Crippen molar-refractivity contribution in [1.29, 1.82) is 0 Å². The maximum atomic E-state index is 12.4. The Morgan fingerprint density at radius 2 is 2.44 bits per heavy atom. The number of carbonyl (C=O) groups excluding carboxylic acids is 2. The van der Waals surface area contributed by atoms with Crippen LogP contribution in [0.25, 0.3) is 0 Å². The number of nitrogens with zero attached hydrogens (tertiary/aromatic N) is 1. The molecule has 0 aromatic rings. The maximum Gasteiger partial charge on any atom is 0.230 e. The number of fused-ring (bicyclic) bond motifs is 1. The first kappa shape index (κ1) is 11.7. The summed E-state index contributed by atoms with van der Waals surface area (Å²) in [6.07, 6.45) is 3.97. The van der Waals surface area contributed by atoms with Gasteiger partial charge in [-0.25, -0.2) is 0 Å². The van der Waals surface area contributed by atoms with E-state index in [1.807, 2.05) is 19.9 Å². The number of hydrogen-bond acceptors (Lipinski definition) is 4. The van der Waals surface area contributed by atoms with Crippen LogP contribution in [-0.2, 0) is 14.3 Å². The fourth-order valence-electron chi connectivity index (χ4n) is 3.39. The van der Waals surface area contributed by atoms with Crippen LogP contribution in [0.2, 0.25) is 0 Å². The van der Waals surface area contributed by atoms with Gasteiger partial charge in [-0.15, -0.1) is 0 Å². The van der Waals surface area contributed by atoms with Gasteiger partial charge in [-0.3, -0.25) is 4.79 Å². The summed E-state index contributed by atoms with van der Waals surface area (Å²) in [5, 5.41) is 11.2. The molecule has 1 spiro atoms. The highest BCUT2D eigenvalue weighted by Crippen LogP contribution is 2.52. The number of likely N-dealkylation sites (tertiary alicyclic amines) is 1. The van der Waals surface area contributed by atoms with E-state index in [4.69, 9.17) is 4.74 Å². The van der Waals surface area contributed by atoms with E-state index >= 15 is 0 Å². The number of carboxylic acids is 1. The van der Waals surface area contributed by atoms with Crippen LogP contribution >= 0.6 is 0 Å². The SMILES string of the molecule is CC[C@@H](C)N1C[C@@]23C=C[C@@H](O2)[C@H](C(=O)[O-])[C@H]3C1=O. The first-order valence-electron chi connectivity index (χ1n) is 6.38. The van der Waals surface area contributed by atoms with Gasteiger partial charge in [0.2, 0.25) is 5.91 Å².